The second-order valence-corrected chi connectivity index (χ2v) is 2.80. The highest BCUT2D eigenvalue weighted by Gasteiger charge is 2.20. The van der Waals surface area contributed by atoms with Gasteiger partial charge in [0.05, 0.1) is 0 Å². The molecule has 1 nitrogen and oxygen atoms in total. The lowest BCUT2D eigenvalue weighted by Gasteiger charge is -1.96. The Morgan fingerprint density at radius 3 is 3.00 bits per heavy atom. The van der Waals surface area contributed by atoms with Crippen LogP contribution in [0.4, 0.5) is 0 Å². The van der Waals surface area contributed by atoms with Gasteiger partial charge in [-0.2, -0.15) is 0 Å². The molecule has 0 bridgehead atoms. The van der Waals surface area contributed by atoms with Crippen molar-refractivity contribution in [1.82, 2.24) is 0 Å². The van der Waals surface area contributed by atoms with E-state index in [9.17, 15) is 4.79 Å². The van der Waals surface area contributed by atoms with Crippen LogP contribution in [-0.4, -0.2) is 5.78 Å². The number of rotatable bonds is 2. The van der Waals surface area contributed by atoms with Crippen LogP contribution in [0.1, 0.15) is 32.6 Å². The summed E-state index contributed by atoms with van der Waals surface area (Å²) in [5, 5.41) is 0. The molecule has 0 aromatic heterocycles. The summed E-state index contributed by atoms with van der Waals surface area (Å²) in [6.45, 7) is 2.09. The SMILES string of the molecule is CC/C=C/C1CCCC1=O. The summed E-state index contributed by atoms with van der Waals surface area (Å²) in [6.07, 6.45) is 8.18. The third-order valence-corrected chi connectivity index (χ3v) is 1.96. The zero-order chi connectivity index (χ0) is 7.40. The molecule has 1 atom stereocenters. The van der Waals surface area contributed by atoms with Gasteiger partial charge in [0.2, 0.25) is 0 Å². The van der Waals surface area contributed by atoms with Crippen LogP contribution in [-0.2, 0) is 4.79 Å². The maximum Gasteiger partial charge on any atom is 0.139 e. The summed E-state index contributed by atoms with van der Waals surface area (Å²) in [5.74, 6) is 0.699. The van der Waals surface area contributed by atoms with Gasteiger partial charge in [0.15, 0.2) is 0 Å². The Morgan fingerprint density at radius 2 is 2.50 bits per heavy atom. The third-order valence-electron chi connectivity index (χ3n) is 1.96. The molecule has 1 unspecified atom stereocenters. The summed E-state index contributed by atoms with van der Waals surface area (Å²) < 4.78 is 0. The van der Waals surface area contributed by atoms with Crippen LogP contribution in [0, 0.1) is 5.92 Å². The van der Waals surface area contributed by atoms with Crippen molar-refractivity contribution in [2.75, 3.05) is 0 Å². The molecule has 0 spiro atoms. The third kappa shape index (κ3) is 1.69. The fourth-order valence-electron chi connectivity index (χ4n) is 1.35. The van der Waals surface area contributed by atoms with E-state index in [0.29, 0.717) is 5.78 Å². The molecule has 1 aliphatic carbocycles. The van der Waals surface area contributed by atoms with Crippen LogP contribution in [0.2, 0.25) is 0 Å². The van der Waals surface area contributed by atoms with Gasteiger partial charge in [-0.3, -0.25) is 4.79 Å². The number of ketones is 1. The Bertz CT molecular complexity index is 147. The van der Waals surface area contributed by atoms with Crippen molar-refractivity contribution in [3.8, 4) is 0 Å². The Kier molecular flexibility index (Phi) is 2.67. The van der Waals surface area contributed by atoms with Gasteiger partial charge in [-0.25, -0.2) is 0 Å². The van der Waals surface area contributed by atoms with E-state index in [1.54, 1.807) is 0 Å². The highest BCUT2D eigenvalue weighted by atomic mass is 16.1. The maximum absolute atomic E-state index is 11.0. The number of hydrogen-bond donors (Lipinski definition) is 0. The van der Waals surface area contributed by atoms with Crippen molar-refractivity contribution in [2.45, 2.75) is 32.6 Å². The number of allylic oxidation sites excluding steroid dienone is 2. The number of carbonyl (C=O) groups excluding carboxylic acids is 1. The van der Waals surface area contributed by atoms with Crippen LogP contribution in [0.5, 0.6) is 0 Å². The fourth-order valence-corrected chi connectivity index (χ4v) is 1.35. The lowest BCUT2D eigenvalue weighted by atomic mass is 10.1. The molecule has 1 saturated carbocycles. The normalized spacial score (nSPS) is 26.5. The predicted molar refractivity (Wildman–Crippen MR) is 41.8 cm³/mol. The van der Waals surface area contributed by atoms with Crippen molar-refractivity contribution in [1.29, 1.82) is 0 Å². The smallest absolute Gasteiger partial charge is 0.139 e. The monoisotopic (exact) mass is 138 g/mol. The van der Waals surface area contributed by atoms with Gasteiger partial charge >= 0.3 is 0 Å². The predicted octanol–water partition coefficient (Wildman–Crippen LogP) is 2.32. The average Bonchev–Trinajstić information content (AvgIpc) is 2.31. The van der Waals surface area contributed by atoms with Crippen molar-refractivity contribution in [2.24, 2.45) is 5.92 Å². The van der Waals surface area contributed by atoms with E-state index in [2.05, 4.69) is 19.1 Å². The molecule has 0 saturated heterocycles. The molecular weight excluding hydrogens is 124 g/mol. The Morgan fingerprint density at radius 1 is 1.70 bits per heavy atom. The number of hydrogen-bond acceptors (Lipinski definition) is 1. The largest absolute Gasteiger partial charge is 0.299 e. The first-order valence-electron chi connectivity index (χ1n) is 4.04. The first-order valence-corrected chi connectivity index (χ1v) is 4.04. The van der Waals surface area contributed by atoms with Crippen molar-refractivity contribution < 1.29 is 4.79 Å². The molecule has 1 aliphatic rings. The zero-order valence-corrected chi connectivity index (χ0v) is 6.47. The fraction of sp³-hybridized carbons (Fsp3) is 0.667. The number of Topliss-reactive ketones (excluding diaryl/α,β-unsaturated/α-hetero) is 1. The van der Waals surface area contributed by atoms with Gasteiger partial charge in [-0.1, -0.05) is 19.1 Å². The van der Waals surface area contributed by atoms with Gasteiger partial charge < -0.3 is 0 Å². The standard InChI is InChI=1S/C9H14O/c1-2-3-5-8-6-4-7-9(8)10/h3,5,8H,2,4,6-7H2,1H3/b5-3+. The minimum atomic E-state index is 0.264. The van der Waals surface area contributed by atoms with Gasteiger partial charge in [0, 0.05) is 12.3 Å². The summed E-state index contributed by atoms with van der Waals surface area (Å²) in [4.78, 5) is 11.0. The van der Waals surface area contributed by atoms with E-state index in [4.69, 9.17) is 0 Å². The molecule has 0 aromatic carbocycles. The molecule has 0 heterocycles. The Balaban J connectivity index is 2.40. The minimum Gasteiger partial charge on any atom is -0.299 e. The molecular formula is C9H14O. The van der Waals surface area contributed by atoms with Crippen LogP contribution >= 0.6 is 0 Å². The average molecular weight is 138 g/mol. The molecule has 1 rings (SSSR count). The molecule has 10 heavy (non-hydrogen) atoms. The van der Waals surface area contributed by atoms with Crippen LogP contribution in [0.3, 0.4) is 0 Å². The van der Waals surface area contributed by atoms with E-state index in [1.165, 1.54) is 0 Å². The van der Waals surface area contributed by atoms with Crippen LogP contribution < -0.4 is 0 Å². The topological polar surface area (TPSA) is 17.1 Å². The van der Waals surface area contributed by atoms with Gasteiger partial charge in [0.25, 0.3) is 0 Å². The molecule has 1 fully saturated rings. The number of carbonyl (C=O) groups is 1. The van der Waals surface area contributed by atoms with E-state index in [-0.39, 0.29) is 5.92 Å². The minimum absolute atomic E-state index is 0.264. The molecule has 0 amide bonds. The second kappa shape index (κ2) is 3.55. The quantitative estimate of drug-likeness (QED) is 0.535. The first-order chi connectivity index (χ1) is 4.84. The van der Waals surface area contributed by atoms with Crippen molar-refractivity contribution >= 4 is 5.78 Å². The summed E-state index contributed by atoms with van der Waals surface area (Å²) in [5.41, 5.74) is 0. The van der Waals surface area contributed by atoms with Crippen LogP contribution in [0.15, 0.2) is 12.2 Å². The zero-order valence-electron chi connectivity index (χ0n) is 6.47. The first kappa shape index (κ1) is 7.52. The van der Waals surface area contributed by atoms with E-state index in [0.717, 1.165) is 25.7 Å². The summed E-state index contributed by atoms with van der Waals surface area (Å²) in [6, 6.07) is 0. The second-order valence-electron chi connectivity index (χ2n) is 2.80. The summed E-state index contributed by atoms with van der Waals surface area (Å²) in [7, 11) is 0. The highest BCUT2D eigenvalue weighted by molar-refractivity contribution is 5.84. The molecule has 0 radical (unpaired) electrons. The summed E-state index contributed by atoms with van der Waals surface area (Å²) >= 11 is 0. The molecule has 1 heteroatoms. The van der Waals surface area contributed by atoms with E-state index in [1.807, 2.05) is 0 Å². The maximum atomic E-state index is 11.0. The molecule has 0 aromatic rings. The lowest BCUT2D eigenvalue weighted by Crippen LogP contribution is -2.01. The van der Waals surface area contributed by atoms with E-state index < -0.39 is 0 Å². The van der Waals surface area contributed by atoms with Gasteiger partial charge in [0.1, 0.15) is 5.78 Å². The van der Waals surface area contributed by atoms with Crippen molar-refractivity contribution in [3.63, 3.8) is 0 Å². The highest BCUT2D eigenvalue weighted by Crippen LogP contribution is 2.22. The van der Waals surface area contributed by atoms with Crippen molar-refractivity contribution in [3.05, 3.63) is 12.2 Å². The van der Waals surface area contributed by atoms with Gasteiger partial charge in [-0.15, -0.1) is 0 Å². The van der Waals surface area contributed by atoms with Crippen LogP contribution in [0.25, 0.3) is 0 Å². The Labute approximate surface area is 62.1 Å². The lowest BCUT2D eigenvalue weighted by molar-refractivity contribution is -0.119. The molecule has 0 N–H and O–H groups in total. The van der Waals surface area contributed by atoms with E-state index >= 15 is 0 Å². The van der Waals surface area contributed by atoms with Gasteiger partial charge in [-0.05, 0) is 19.3 Å². The molecule has 56 valence electrons. The molecule has 0 aliphatic heterocycles. The Hall–Kier alpha value is -0.590.